The van der Waals surface area contributed by atoms with Crippen LogP contribution in [0.15, 0.2) is 18.5 Å². The van der Waals surface area contributed by atoms with Gasteiger partial charge in [0, 0.05) is 26.3 Å². The van der Waals surface area contributed by atoms with Gasteiger partial charge in [0.1, 0.15) is 0 Å². The SMILES string of the molecule is CNc1cnccc1C(=O)N(C)C1CCN(C)CC1. The molecule has 0 radical (unpaired) electrons. The maximum absolute atomic E-state index is 12.5. The summed E-state index contributed by atoms with van der Waals surface area (Å²) in [5.41, 5.74) is 1.48. The van der Waals surface area contributed by atoms with Crippen molar-refractivity contribution >= 4 is 11.6 Å². The average Bonchev–Trinajstić information content (AvgIpc) is 2.46. The van der Waals surface area contributed by atoms with Crippen LogP contribution in [-0.4, -0.2) is 61.0 Å². The molecule has 0 unspecified atom stereocenters. The fraction of sp³-hybridized carbons (Fsp3) is 0.571. The Morgan fingerprint density at radius 1 is 1.47 bits per heavy atom. The van der Waals surface area contributed by atoms with Crippen molar-refractivity contribution < 1.29 is 4.79 Å². The standard InChI is InChI=1S/C14H22N4O/c1-15-13-10-16-7-4-12(13)14(19)18(3)11-5-8-17(2)9-6-11/h4,7,10-11,15H,5-6,8-9H2,1-3H3. The molecular weight excluding hydrogens is 240 g/mol. The number of aromatic nitrogens is 1. The van der Waals surface area contributed by atoms with Gasteiger partial charge in [-0.1, -0.05) is 0 Å². The molecule has 19 heavy (non-hydrogen) atoms. The van der Waals surface area contributed by atoms with Crippen LogP contribution < -0.4 is 5.32 Å². The van der Waals surface area contributed by atoms with E-state index in [4.69, 9.17) is 0 Å². The zero-order chi connectivity index (χ0) is 13.8. The van der Waals surface area contributed by atoms with Gasteiger partial charge in [-0.05, 0) is 39.0 Å². The summed E-state index contributed by atoms with van der Waals surface area (Å²) in [5.74, 6) is 0.0707. The minimum atomic E-state index is 0.0707. The second-order valence-corrected chi connectivity index (χ2v) is 5.12. The van der Waals surface area contributed by atoms with E-state index in [0.29, 0.717) is 11.6 Å². The molecule has 0 aromatic carbocycles. The Bertz CT molecular complexity index is 441. The van der Waals surface area contributed by atoms with E-state index in [1.165, 1.54) is 0 Å². The van der Waals surface area contributed by atoms with Crippen LogP contribution in [0.2, 0.25) is 0 Å². The Morgan fingerprint density at radius 2 is 2.16 bits per heavy atom. The van der Waals surface area contributed by atoms with E-state index in [1.54, 1.807) is 18.5 Å². The molecule has 1 aromatic rings. The van der Waals surface area contributed by atoms with Crippen LogP contribution in [0.3, 0.4) is 0 Å². The number of hydrogen-bond donors (Lipinski definition) is 1. The van der Waals surface area contributed by atoms with Crippen molar-refractivity contribution in [2.75, 3.05) is 39.5 Å². The van der Waals surface area contributed by atoms with Gasteiger partial charge in [-0.3, -0.25) is 9.78 Å². The topological polar surface area (TPSA) is 48.5 Å². The summed E-state index contributed by atoms with van der Waals surface area (Å²) in [6, 6.07) is 2.11. The van der Waals surface area contributed by atoms with E-state index in [9.17, 15) is 4.79 Å². The van der Waals surface area contributed by atoms with Crippen molar-refractivity contribution in [2.24, 2.45) is 0 Å². The third kappa shape index (κ3) is 3.04. The zero-order valence-corrected chi connectivity index (χ0v) is 11.9. The molecule has 2 rings (SSSR count). The van der Waals surface area contributed by atoms with Gasteiger partial charge >= 0.3 is 0 Å². The van der Waals surface area contributed by atoms with Gasteiger partial charge in [0.15, 0.2) is 0 Å². The largest absolute Gasteiger partial charge is 0.386 e. The lowest BCUT2D eigenvalue weighted by Gasteiger charge is -2.35. The van der Waals surface area contributed by atoms with Gasteiger partial charge in [0.25, 0.3) is 5.91 Å². The first-order valence-electron chi connectivity index (χ1n) is 6.71. The summed E-state index contributed by atoms with van der Waals surface area (Å²) in [7, 11) is 5.83. The fourth-order valence-corrected chi connectivity index (χ4v) is 2.52. The number of pyridine rings is 1. The molecule has 1 aliphatic rings. The Labute approximate surface area is 114 Å². The molecule has 1 amide bonds. The molecular formula is C14H22N4O. The second-order valence-electron chi connectivity index (χ2n) is 5.12. The lowest BCUT2D eigenvalue weighted by molar-refractivity contribution is 0.0660. The van der Waals surface area contributed by atoms with Crippen LogP contribution in [0.1, 0.15) is 23.2 Å². The number of amides is 1. The van der Waals surface area contributed by atoms with E-state index >= 15 is 0 Å². The first-order valence-corrected chi connectivity index (χ1v) is 6.71. The van der Waals surface area contributed by atoms with Gasteiger partial charge in [-0.25, -0.2) is 0 Å². The maximum atomic E-state index is 12.5. The van der Waals surface area contributed by atoms with Gasteiger partial charge in [0.2, 0.25) is 0 Å². The normalized spacial score (nSPS) is 17.2. The zero-order valence-electron chi connectivity index (χ0n) is 11.9. The number of nitrogens with zero attached hydrogens (tertiary/aromatic N) is 3. The number of carbonyl (C=O) groups is 1. The number of carbonyl (C=O) groups excluding carboxylic acids is 1. The third-order valence-electron chi connectivity index (χ3n) is 3.88. The van der Waals surface area contributed by atoms with Crippen molar-refractivity contribution in [2.45, 2.75) is 18.9 Å². The van der Waals surface area contributed by atoms with Crippen LogP contribution in [0.25, 0.3) is 0 Å². The van der Waals surface area contributed by atoms with Crippen LogP contribution >= 0.6 is 0 Å². The van der Waals surface area contributed by atoms with E-state index in [2.05, 4.69) is 22.2 Å². The Morgan fingerprint density at radius 3 is 2.79 bits per heavy atom. The van der Waals surface area contributed by atoms with Gasteiger partial charge in [0.05, 0.1) is 17.4 Å². The summed E-state index contributed by atoms with van der Waals surface area (Å²) in [5, 5.41) is 3.02. The van der Waals surface area contributed by atoms with Gasteiger partial charge in [-0.2, -0.15) is 0 Å². The Kier molecular flexibility index (Phi) is 4.37. The molecule has 1 saturated heterocycles. The van der Waals surface area contributed by atoms with Crippen molar-refractivity contribution in [3.63, 3.8) is 0 Å². The highest BCUT2D eigenvalue weighted by Gasteiger charge is 2.25. The molecule has 104 valence electrons. The molecule has 0 atom stereocenters. The van der Waals surface area contributed by atoms with Crippen LogP contribution in [0.5, 0.6) is 0 Å². The molecule has 1 aliphatic heterocycles. The lowest BCUT2D eigenvalue weighted by atomic mass is 10.0. The van der Waals surface area contributed by atoms with Crippen molar-refractivity contribution in [3.8, 4) is 0 Å². The summed E-state index contributed by atoms with van der Waals surface area (Å²) < 4.78 is 0. The van der Waals surface area contributed by atoms with Crippen molar-refractivity contribution in [1.29, 1.82) is 0 Å². The first-order chi connectivity index (χ1) is 9.13. The average molecular weight is 262 g/mol. The first kappa shape index (κ1) is 13.8. The number of rotatable bonds is 3. The quantitative estimate of drug-likeness (QED) is 0.891. The number of piperidine rings is 1. The van der Waals surface area contributed by atoms with Gasteiger partial charge < -0.3 is 15.1 Å². The van der Waals surface area contributed by atoms with Gasteiger partial charge in [-0.15, -0.1) is 0 Å². The molecule has 2 heterocycles. The summed E-state index contributed by atoms with van der Waals surface area (Å²) in [6.07, 6.45) is 5.43. The second kappa shape index (κ2) is 6.02. The van der Waals surface area contributed by atoms with E-state index in [0.717, 1.165) is 31.6 Å². The van der Waals surface area contributed by atoms with Crippen molar-refractivity contribution in [1.82, 2.24) is 14.8 Å². The predicted molar refractivity (Wildman–Crippen MR) is 76.4 cm³/mol. The van der Waals surface area contributed by atoms with Crippen LogP contribution in [0, 0.1) is 0 Å². The highest BCUT2D eigenvalue weighted by molar-refractivity contribution is 5.99. The highest BCUT2D eigenvalue weighted by atomic mass is 16.2. The number of nitrogens with one attached hydrogen (secondary N) is 1. The van der Waals surface area contributed by atoms with Crippen LogP contribution in [0.4, 0.5) is 5.69 Å². The molecule has 0 bridgehead atoms. The number of anilines is 1. The van der Waals surface area contributed by atoms with Crippen LogP contribution in [-0.2, 0) is 0 Å². The van der Waals surface area contributed by atoms with E-state index in [-0.39, 0.29) is 5.91 Å². The highest BCUT2D eigenvalue weighted by Crippen LogP contribution is 2.20. The molecule has 5 nitrogen and oxygen atoms in total. The third-order valence-corrected chi connectivity index (χ3v) is 3.88. The van der Waals surface area contributed by atoms with Crippen molar-refractivity contribution in [3.05, 3.63) is 24.0 Å². The minimum absolute atomic E-state index is 0.0707. The predicted octanol–water partition coefficient (Wildman–Crippen LogP) is 1.29. The Balaban J connectivity index is 2.10. The molecule has 1 aromatic heterocycles. The summed E-state index contributed by atoms with van der Waals surface area (Å²) in [6.45, 7) is 2.11. The molecule has 1 N–H and O–H groups in total. The smallest absolute Gasteiger partial charge is 0.256 e. The summed E-state index contributed by atoms with van der Waals surface area (Å²) >= 11 is 0. The minimum Gasteiger partial charge on any atom is -0.386 e. The monoisotopic (exact) mass is 262 g/mol. The summed E-state index contributed by atoms with van der Waals surface area (Å²) in [4.78, 5) is 20.8. The molecule has 0 spiro atoms. The van der Waals surface area contributed by atoms with E-state index < -0.39 is 0 Å². The number of likely N-dealkylation sites (tertiary alicyclic amines) is 1. The molecule has 5 heteroatoms. The lowest BCUT2D eigenvalue weighted by Crippen LogP contribution is -2.44. The maximum Gasteiger partial charge on any atom is 0.256 e. The Hall–Kier alpha value is -1.62. The molecule has 1 fully saturated rings. The molecule has 0 saturated carbocycles. The molecule has 0 aliphatic carbocycles. The van der Waals surface area contributed by atoms with E-state index in [1.807, 2.05) is 19.0 Å². The number of hydrogen-bond acceptors (Lipinski definition) is 4. The fourth-order valence-electron chi connectivity index (χ4n) is 2.52.